The van der Waals surface area contributed by atoms with Gasteiger partial charge in [0.2, 0.25) is 5.28 Å². The Morgan fingerprint density at radius 3 is 2.62 bits per heavy atom. The van der Waals surface area contributed by atoms with E-state index < -0.39 is 0 Å². The van der Waals surface area contributed by atoms with Gasteiger partial charge in [0, 0.05) is 10.5 Å². The van der Waals surface area contributed by atoms with Crippen molar-refractivity contribution < 1.29 is 0 Å². The predicted molar refractivity (Wildman–Crippen MR) is 66.7 cm³/mol. The lowest BCUT2D eigenvalue weighted by atomic mass is 10.2. The third kappa shape index (κ3) is 2.71. The number of hydrogen-bond acceptors (Lipinski definition) is 4. The minimum absolute atomic E-state index is 0.171. The average molecular weight is 252 g/mol. The van der Waals surface area contributed by atoms with Gasteiger partial charge in [0.25, 0.3) is 0 Å². The molecule has 5 heteroatoms. The standard InChI is InChI=1S/C11H10ClN3S/c1-2-16-9-5-3-8(4-6-9)10-7-13-15-11(12)14-10/h3-7H,2H2,1H3. The van der Waals surface area contributed by atoms with Crippen LogP contribution in [0.2, 0.25) is 5.28 Å². The van der Waals surface area contributed by atoms with Gasteiger partial charge in [-0.25, -0.2) is 4.98 Å². The Kier molecular flexibility index (Phi) is 3.74. The number of hydrogen-bond donors (Lipinski definition) is 0. The van der Waals surface area contributed by atoms with Crippen LogP contribution < -0.4 is 0 Å². The Labute approximate surface area is 103 Å². The summed E-state index contributed by atoms with van der Waals surface area (Å²) in [5, 5.41) is 7.55. The van der Waals surface area contributed by atoms with Crippen molar-refractivity contribution >= 4 is 23.4 Å². The van der Waals surface area contributed by atoms with Crippen molar-refractivity contribution in [1.82, 2.24) is 15.2 Å². The van der Waals surface area contributed by atoms with E-state index in [4.69, 9.17) is 11.6 Å². The first kappa shape index (κ1) is 11.4. The molecular weight excluding hydrogens is 242 g/mol. The zero-order valence-electron chi connectivity index (χ0n) is 8.72. The molecule has 16 heavy (non-hydrogen) atoms. The Bertz CT molecular complexity index is 473. The fraction of sp³-hybridized carbons (Fsp3) is 0.182. The van der Waals surface area contributed by atoms with E-state index in [1.165, 1.54) is 4.90 Å². The monoisotopic (exact) mass is 251 g/mol. The Morgan fingerprint density at radius 2 is 2.00 bits per heavy atom. The van der Waals surface area contributed by atoms with Crippen LogP contribution in [0.25, 0.3) is 11.3 Å². The summed E-state index contributed by atoms with van der Waals surface area (Å²) >= 11 is 7.49. The van der Waals surface area contributed by atoms with E-state index in [9.17, 15) is 0 Å². The summed E-state index contributed by atoms with van der Waals surface area (Å²) in [6, 6.07) is 8.16. The van der Waals surface area contributed by atoms with Crippen LogP contribution in [-0.2, 0) is 0 Å². The minimum Gasteiger partial charge on any atom is -0.215 e. The lowest BCUT2D eigenvalue weighted by Crippen LogP contribution is -1.90. The molecule has 0 aliphatic carbocycles. The predicted octanol–water partition coefficient (Wildman–Crippen LogP) is 3.30. The molecule has 2 rings (SSSR count). The molecule has 3 nitrogen and oxygen atoms in total. The number of halogens is 1. The van der Waals surface area contributed by atoms with E-state index >= 15 is 0 Å². The van der Waals surface area contributed by atoms with Crippen LogP contribution in [0.5, 0.6) is 0 Å². The zero-order valence-corrected chi connectivity index (χ0v) is 10.3. The van der Waals surface area contributed by atoms with Crippen molar-refractivity contribution in [3.05, 3.63) is 35.7 Å². The second-order valence-corrected chi connectivity index (χ2v) is 4.74. The Hall–Kier alpha value is -1.13. The third-order valence-electron chi connectivity index (χ3n) is 1.99. The van der Waals surface area contributed by atoms with Crippen molar-refractivity contribution in [1.29, 1.82) is 0 Å². The van der Waals surface area contributed by atoms with Crippen molar-refractivity contribution in [3.8, 4) is 11.3 Å². The minimum atomic E-state index is 0.171. The molecule has 1 aromatic carbocycles. The van der Waals surface area contributed by atoms with Crippen LogP contribution in [0.1, 0.15) is 6.92 Å². The summed E-state index contributed by atoms with van der Waals surface area (Å²) in [6.07, 6.45) is 1.61. The number of benzene rings is 1. The number of aromatic nitrogens is 3. The summed E-state index contributed by atoms with van der Waals surface area (Å²) in [5.74, 6) is 1.07. The molecule has 1 heterocycles. The van der Waals surface area contributed by atoms with Crippen molar-refractivity contribution in [2.24, 2.45) is 0 Å². The van der Waals surface area contributed by atoms with E-state index in [1.807, 2.05) is 23.9 Å². The summed E-state index contributed by atoms with van der Waals surface area (Å²) in [4.78, 5) is 5.35. The first-order chi connectivity index (χ1) is 7.79. The normalized spacial score (nSPS) is 10.4. The Balaban J connectivity index is 2.27. The van der Waals surface area contributed by atoms with Gasteiger partial charge in [0.05, 0.1) is 11.9 Å². The van der Waals surface area contributed by atoms with Crippen molar-refractivity contribution in [2.75, 3.05) is 5.75 Å². The highest BCUT2D eigenvalue weighted by molar-refractivity contribution is 7.99. The topological polar surface area (TPSA) is 38.7 Å². The highest BCUT2D eigenvalue weighted by atomic mass is 35.5. The van der Waals surface area contributed by atoms with Gasteiger partial charge < -0.3 is 0 Å². The van der Waals surface area contributed by atoms with E-state index in [0.29, 0.717) is 0 Å². The van der Waals surface area contributed by atoms with E-state index in [1.54, 1.807) is 6.20 Å². The number of nitrogens with zero attached hydrogens (tertiary/aromatic N) is 3. The molecular formula is C11H10ClN3S. The van der Waals surface area contributed by atoms with Gasteiger partial charge in [-0.2, -0.15) is 5.10 Å². The first-order valence-corrected chi connectivity index (χ1v) is 6.24. The molecule has 1 aromatic heterocycles. The second-order valence-electron chi connectivity index (χ2n) is 3.07. The molecule has 0 bridgehead atoms. The molecule has 0 spiro atoms. The zero-order chi connectivity index (χ0) is 11.4. The maximum atomic E-state index is 5.69. The van der Waals surface area contributed by atoms with Gasteiger partial charge >= 0.3 is 0 Å². The lowest BCUT2D eigenvalue weighted by Gasteiger charge is -2.02. The highest BCUT2D eigenvalue weighted by Gasteiger charge is 2.01. The summed E-state index contributed by atoms with van der Waals surface area (Å²) in [6.45, 7) is 2.13. The van der Waals surface area contributed by atoms with E-state index in [-0.39, 0.29) is 5.28 Å². The van der Waals surface area contributed by atoms with E-state index in [0.717, 1.165) is 17.0 Å². The maximum Gasteiger partial charge on any atom is 0.243 e. The van der Waals surface area contributed by atoms with Gasteiger partial charge in [0.1, 0.15) is 0 Å². The fourth-order valence-corrected chi connectivity index (χ4v) is 2.11. The van der Waals surface area contributed by atoms with Crippen LogP contribution in [0.15, 0.2) is 35.4 Å². The molecule has 0 saturated heterocycles. The molecule has 0 amide bonds. The number of thioether (sulfide) groups is 1. The smallest absolute Gasteiger partial charge is 0.215 e. The average Bonchev–Trinajstić information content (AvgIpc) is 2.30. The molecule has 0 aliphatic heterocycles. The van der Waals surface area contributed by atoms with Crippen molar-refractivity contribution in [2.45, 2.75) is 11.8 Å². The molecule has 0 aliphatic rings. The molecule has 0 radical (unpaired) electrons. The Morgan fingerprint density at radius 1 is 1.25 bits per heavy atom. The van der Waals surface area contributed by atoms with Crippen LogP contribution in [-0.4, -0.2) is 20.9 Å². The number of rotatable bonds is 3. The fourth-order valence-electron chi connectivity index (χ4n) is 1.31. The summed E-state index contributed by atoms with van der Waals surface area (Å²) in [7, 11) is 0. The van der Waals surface area contributed by atoms with Gasteiger partial charge in [-0.05, 0) is 29.5 Å². The maximum absolute atomic E-state index is 5.69. The summed E-state index contributed by atoms with van der Waals surface area (Å²) in [5.41, 5.74) is 1.74. The largest absolute Gasteiger partial charge is 0.243 e. The highest BCUT2D eigenvalue weighted by Crippen LogP contribution is 2.22. The van der Waals surface area contributed by atoms with Crippen LogP contribution in [0.4, 0.5) is 0 Å². The molecule has 2 aromatic rings. The molecule has 0 N–H and O–H groups in total. The second kappa shape index (κ2) is 5.27. The van der Waals surface area contributed by atoms with E-state index in [2.05, 4.69) is 34.2 Å². The van der Waals surface area contributed by atoms with Crippen molar-refractivity contribution in [3.63, 3.8) is 0 Å². The molecule has 0 fully saturated rings. The third-order valence-corrected chi connectivity index (χ3v) is 3.05. The summed E-state index contributed by atoms with van der Waals surface area (Å²) < 4.78 is 0. The van der Waals surface area contributed by atoms with Crippen LogP contribution in [0, 0.1) is 0 Å². The van der Waals surface area contributed by atoms with Crippen LogP contribution >= 0.6 is 23.4 Å². The van der Waals surface area contributed by atoms with Gasteiger partial charge in [-0.1, -0.05) is 19.1 Å². The molecule has 0 saturated carbocycles. The van der Waals surface area contributed by atoms with Gasteiger partial charge in [-0.3, -0.25) is 0 Å². The van der Waals surface area contributed by atoms with Gasteiger partial charge in [-0.15, -0.1) is 16.9 Å². The quantitative estimate of drug-likeness (QED) is 0.785. The molecule has 82 valence electrons. The molecule has 0 atom stereocenters. The van der Waals surface area contributed by atoms with Gasteiger partial charge in [0.15, 0.2) is 0 Å². The molecule has 0 unspecified atom stereocenters. The lowest BCUT2D eigenvalue weighted by molar-refractivity contribution is 0.974. The first-order valence-electron chi connectivity index (χ1n) is 4.88. The van der Waals surface area contributed by atoms with Crippen LogP contribution in [0.3, 0.4) is 0 Å². The SMILES string of the molecule is CCSc1ccc(-c2cnnc(Cl)n2)cc1.